The zero-order chi connectivity index (χ0) is 14.3. The van der Waals surface area contributed by atoms with Gasteiger partial charge < -0.3 is 9.80 Å². The Labute approximate surface area is 130 Å². The molecule has 0 saturated carbocycles. The van der Waals surface area contributed by atoms with E-state index in [2.05, 4.69) is 0 Å². The minimum atomic E-state index is -0.342. The fraction of sp³-hybridized carbons (Fsp3) is 0.429. The second kappa shape index (κ2) is 5.31. The molecule has 1 aromatic carbocycles. The highest BCUT2D eigenvalue weighted by molar-refractivity contribution is 14.1. The van der Waals surface area contributed by atoms with E-state index in [1.165, 1.54) is 12.1 Å². The largest absolute Gasteiger partial charge is 0.331 e. The van der Waals surface area contributed by atoms with E-state index < -0.39 is 0 Å². The van der Waals surface area contributed by atoms with Gasteiger partial charge in [0.1, 0.15) is 11.9 Å². The Morgan fingerprint density at radius 2 is 2.05 bits per heavy atom. The minimum absolute atomic E-state index is 0.0421. The molecule has 106 valence electrons. The summed E-state index contributed by atoms with van der Waals surface area (Å²) in [5.74, 6) is -0.322. The van der Waals surface area contributed by atoms with Crippen LogP contribution in [0.3, 0.4) is 0 Å². The van der Waals surface area contributed by atoms with Crippen LogP contribution in [0.4, 0.5) is 10.1 Å². The van der Waals surface area contributed by atoms with Crippen LogP contribution >= 0.6 is 22.6 Å². The van der Waals surface area contributed by atoms with Gasteiger partial charge in [-0.2, -0.15) is 0 Å². The normalized spacial score (nSPS) is 23.0. The molecule has 1 atom stereocenters. The number of fused-ring (bicyclic) bond motifs is 1. The smallest absolute Gasteiger partial charge is 0.249 e. The predicted molar refractivity (Wildman–Crippen MR) is 80.8 cm³/mol. The topological polar surface area (TPSA) is 40.6 Å². The summed E-state index contributed by atoms with van der Waals surface area (Å²) in [7, 11) is 0. The average molecular weight is 388 g/mol. The lowest BCUT2D eigenvalue weighted by molar-refractivity contribution is -0.135. The molecule has 4 nitrogen and oxygen atoms in total. The van der Waals surface area contributed by atoms with E-state index in [1.807, 2.05) is 22.6 Å². The molecular weight excluding hydrogens is 374 g/mol. The molecule has 0 aliphatic carbocycles. The van der Waals surface area contributed by atoms with Crippen LogP contribution in [0.1, 0.15) is 19.3 Å². The number of anilines is 1. The molecule has 20 heavy (non-hydrogen) atoms. The van der Waals surface area contributed by atoms with E-state index in [0.717, 1.165) is 12.8 Å². The Bertz CT molecular complexity index is 578. The predicted octanol–water partition coefficient (Wildman–Crippen LogP) is 2.16. The molecule has 0 N–H and O–H groups in total. The van der Waals surface area contributed by atoms with Crippen molar-refractivity contribution in [3.05, 3.63) is 27.6 Å². The highest BCUT2D eigenvalue weighted by atomic mass is 127. The second-order valence-electron chi connectivity index (χ2n) is 5.08. The Morgan fingerprint density at radius 3 is 2.80 bits per heavy atom. The van der Waals surface area contributed by atoms with E-state index in [-0.39, 0.29) is 23.7 Å². The Hall–Kier alpha value is -1.18. The average Bonchev–Trinajstić information content (AvgIpc) is 2.85. The summed E-state index contributed by atoms with van der Waals surface area (Å²) in [6.45, 7) is 1.04. The van der Waals surface area contributed by atoms with Crippen molar-refractivity contribution < 1.29 is 14.0 Å². The first-order valence-corrected chi connectivity index (χ1v) is 7.71. The van der Waals surface area contributed by atoms with Crippen LogP contribution in [0.2, 0.25) is 0 Å². The molecule has 0 bridgehead atoms. The number of hydrogen-bond donors (Lipinski definition) is 0. The number of hydrogen-bond acceptors (Lipinski definition) is 2. The number of rotatable bonds is 1. The van der Waals surface area contributed by atoms with Gasteiger partial charge in [-0.1, -0.05) is 0 Å². The van der Waals surface area contributed by atoms with Crippen molar-refractivity contribution >= 4 is 40.1 Å². The molecule has 2 fully saturated rings. The van der Waals surface area contributed by atoms with Crippen molar-refractivity contribution in [3.8, 4) is 0 Å². The number of benzene rings is 1. The van der Waals surface area contributed by atoms with Crippen LogP contribution in [0.25, 0.3) is 0 Å². The standard InChI is InChI=1S/C14H14FIN2O2/c15-9-3-4-11(10(16)8-9)18-7-5-13(19)17-6-1-2-12(17)14(18)20/h3-4,8,12H,1-2,5-7H2. The van der Waals surface area contributed by atoms with E-state index in [0.29, 0.717) is 28.8 Å². The summed E-state index contributed by atoms with van der Waals surface area (Å²) in [5, 5.41) is 0. The third-order valence-electron chi connectivity index (χ3n) is 3.87. The number of amides is 2. The van der Waals surface area contributed by atoms with Crippen molar-refractivity contribution in [1.82, 2.24) is 4.90 Å². The summed E-state index contributed by atoms with van der Waals surface area (Å²) >= 11 is 2.02. The summed E-state index contributed by atoms with van der Waals surface area (Å²) in [6, 6.07) is 4.03. The fourth-order valence-corrected chi connectivity index (χ4v) is 3.67. The maximum absolute atomic E-state index is 13.2. The van der Waals surface area contributed by atoms with Crippen molar-refractivity contribution in [2.45, 2.75) is 25.3 Å². The maximum atomic E-state index is 13.2. The van der Waals surface area contributed by atoms with Gasteiger partial charge >= 0.3 is 0 Å². The van der Waals surface area contributed by atoms with Crippen LogP contribution in [0.15, 0.2) is 18.2 Å². The molecule has 0 radical (unpaired) electrons. The molecule has 2 aliphatic heterocycles. The SMILES string of the molecule is O=C1C2CCCN2C(=O)CCN1c1ccc(F)cc1I. The van der Waals surface area contributed by atoms with Crippen LogP contribution in [0.5, 0.6) is 0 Å². The fourth-order valence-electron chi connectivity index (χ4n) is 2.90. The number of nitrogens with zero attached hydrogens (tertiary/aromatic N) is 2. The van der Waals surface area contributed by atoms with Crippen LogP contribution in [-0.2, 0) is 9.59 Å². The van der Waals surface area contributed by atoms with Gasteiger partial charge in [0.15, 0.2) is 0 Å². The summed E-state index contributed by atoms with van der Waals surface area (Å²) < 4.78 is 13.9. The Balaban J connectivity index is 1.96. The quantitative estimate of drug-likeness (QED) is 0.692. The highest BCUT2D eigenvalue weighted by Gasteiger charge is 2.39. The van der Waals surface area contributed by atoms with Crippen molar-refractivity contribution in [2.24, 2.45) is 0 Å². The summed E-state index contributed by atoms with van der Waals surface area (Å²) in [4.78, 5) is 28.0. The van der Waals surface area contributed by atoms with Gasteiger partial charge in [0.25, 0.3) is 0 Å². The van der Waals surface area contributed by atoms with Crippen LogP contribution < -0.4 is 4.90 Å². The van der Waals surface area contributed by atoms with E-state index in [9.17, 15) is 14.0 Å². The van der Waals surface area contributed by atoms with Crippen LogP contribution in [0, 0.1) is 9.39 Å². The highest BCUT2D eigenvalue weighted by Crippen LogP contribution is 2.29. The Morgan fingerprint density at radius 1 is 1.25 bits per heavy atom. The van der Waals surface area contributed by atoms with E-state index in [4.69, 9.17) is 0 Å². The van der Waals surface area contributed by atoms with Gasteiger partial charge in [-0.05, 0) is 53.6 Å². The molecular formula is C14H14FIN2O2. The third-order valence-corrected chi connectivity index (χ3v) is 4.74. The van der Waals surface area contributed by atoms with Crippen molar-refractivity contribution in [2.75, 3.05) is 18.0 Å². The molecule has 6 heteroatoms. The Kier molecular flexibility index (Phi) is 3.66. The number of halogens is 2. The van der Waals surface area contributed by atoms with Gasteiger partial charge in [-0.3, -0.25) is 9.59 Å². The monoisotopic (exact) mass is 388 g/mol. The molecule has 0 spiro atoms. The zero-order valence-corrected chi connectivity index (χ0v) is 13.0. The van der Waals surface area contributed by atoms with E-state index in [1.54, 1.807) is 15.9 Å². The maximum Gasteiger partial charge on any atom is 0.249 e. The lowest BCUT2D eigenvalue weighted by atomic mass is 10.2. The molecule has 2 heterocycles. The molecule has 3 rings (SSSR count). The zero-order valence-electron chi connectivity index (χ0n) is 10.8. The van der Waals surface area contributed by atoms with E-state index >= 15 is 0 Å². The molecule has 2 aliphatic rings. The summed E-state index contributed by atoms with van der Waals surface area (Å²) in [6.07, 6.45) is 1.92. The lowest BCUT2D eigenvalue weighted by Gasteiger charge is -2.26. The first-order valence-electron chi connectivity index (χ1n) is 6.64. The molecule has 1 unspecified atom stereocenters. The van der Waals surface area contributed by atoms with Gasteiger partial charge in [0, 0.05) is 23.1 Å². The van der Waals surface area contributed by atoms with Gasteiger partial charge in [-0.25, -0.2) is 4.39 Å². The first kappa shape index (κ1) is 13.8. The number of carbonyl (C=O) groups is 2. The molecule has 0 aromatic heterocycles. The molecule has 1 aromatic rings. The van der Waals surface area contributed by atoms with Gasteiger partial charge in [-0.15, -0.1) is 0 Å². The van der Waals surface area contributed by atoms with Gasteiger partial charge in [0.2, 0.25) is 11.8 Å². The third kappa shape index (κ3) is 2.30. The molecule has 2 saturated heterocycles. The van der Waals surface area contributed by atoms with Crippen molar-refractivity contribution in [1.29, 1.82) is 0 Å². The van der Waals surface area contributed by atoms with Gasteiger partial charge in [0.05, 0.1) is 5.69 Å². The molecule has 2 amide bonds. The lowest BCUT2D eigenvalue weighted by Crippen LogP contribution is -2.44. The van der Waals surface area contributed by atoms with Crippen molar-refractivity contribution in [3.63, 3.8) is 0 Å². The second-order valence-corrected chi connectivity index (χ2v) is 6.24. The van der Waals surface area contributed by atoms with Crippen LogP contribution in [-0.4, -0.2) is 35.8 Å². The first-order chi connectivity index (χ1) is 9.58. The number of carbonyl (C=O) groups excluding carboxylic acids is 2. The summed E-state index contributed by atoms with van der Waals surface area (Å²) in [5.41, 5.74) is 0.693. The minimum Gasteiger partial charge on any atom is -0.331 e.